The Labute approximate surface area is 103 Å². The molecule has 0 saturated heterocycles. The maximum atomic E-state index is 13.4. The number of carbonyl (C=O) groups is 2. The molecule has 0 spiro atoms. The Morgan fingerprint density at radius 2 is 1.94 bits per heavy atom. The number of carboxylic acid groups (broad SMARTS) is 1. The number of aromatic hydroxyl groups is 1. The number of benzene rings is 1. The third-order valence-electron chi connectivity index (χ3n) is 2.72. The number of rotatable bonds is 4. The highest BCUT2D eigenvalue weighted by Crippen LogP contribution is 2.20. The average Bonchev–Trinajstić information content (AvgIpc) is 2.27. The highest BCUT2D eigenvalue weighted by Gasteiger charge is 2.24. The van der Waals surface area contributed by atoms with Gasteiger partial charge in [0, 0.05) is 6.04 Å². The van der Waals surface area contributed by atoms with Crippen LogP contribution in [0.2, 0.25) is 0 Å². The predicted molar refractivity (Wildman–Crippen MR) is 61.8 cm³/mol. The number of phenolic OH excluding ortho intramolecular Hbond substituents is 1. The fraction of sp³-hybridized carbons (Fsp3) is 0.333. The summed E-state index contributed by atoms with van der Waals surface area (Å²) >= 11 is 0. The molecule has 0 aromatic heterocycles. The van der Waals surface area contributed by atoms with Gasteiger partial charge in [0.05, 0.1) is 5.92 Å². The van der Waals surface area contributed by atoms with Crippen molar-refractivity contribution in [3.8, 4) is 5.75 Å². The van der Waals surface area contributed by atoms with Gasteiger partial charge in [-0.25, -0.2) is 4.39 Å². The van der Waals surface area contributed by atoms with Gasteiger partial charge in [0.2, 0.25) is 0 Å². The Balaban J connectivity index is 2.86. The van der Waals surface area contributed by atoms with Gasteiger partial charge in [0.25, 0.3) is 5.91 Å². The molecule has 0 aliphatic rings. The van der Waals surface area contributed by atoms with Gasteiger partial charge in [-0.1, -0.05) is 6.07 Å². The van der Waals surface area contributed by atoms with Crippen LogP contribution in [0.3, 0.4) is 0 Å². The molecule has 1 aromatic rings. The first-order chi connectivity index (χ1) is 8.34. The van der Waals surface area contributed by atoms with E-state index in [1.807, 2.05) is 0 Å². The van der Waals surface area contributed by atoms with E-state index in [-0.39, 0.29) is 0 Å². The summed E-state index contributed by atoms with van der Waals surface area (Å²) in [6.07, 6.45) is 0. The van der Waals surface area contributed by atoms with Gasteiger partial charge in [0.1, 0.15) is 17.1 Å². The van der Waals surface area contributed by atoms with Gasteiger partial charge < -0.3 is 15.5 Å². The molecule has 0 fully saturated rings. The quantitative estimate of drug-likeness (QED) is 0.758. The number of carboxylic acids is 1. The molecule has 2 unspecified atom stereocenters. The molecule has 0 bridgehead atoms. The lowest BCUT2D eigenvalue weighted by Gasteiger charge is -2.18. The van der Waals surface area contributed by atoms with Crippen molar-refractivity contribution in [1.82, 2.24) is 5.32 Å². The maximum absolute atomic E-state index is 13.4. The van der Waals surface area contributed by atoms with Crippen LogP contribution >= 0.6 is 0 Å². The minimum atomic E-state index is -1.07. The zero-order valence-electron chi connectivity index (χ0n) is 9.98. The average molecular weight is 255 g/mol. The first kappa shape index (κ1) is 14.0. The van der Waals surface area contributed by atoms with Crippen LogP contribution in [0.5, 0.6) is 5.75 Å². The van der Waals surface area contributed by atoms with Gasteiger partial charge in [-0.2, -0.15) is 0 Å². The van der Waals surface area contributed by atoms with E-state index < -0.39 is 41.0 Å². The highest BCUT2D eigenvalue weighted by atomic mass is 19.1. The highest BCUT2D eigenvalue weighted by molar-refractivity contribution is 5.97. The van der Waals surface area contributed by atoms with Gasteiger partial charge in [-0.3, -0.25) is 9.59 Å². The van der Waals surface area contributed by atoms with Crippen molar-refractivity contribution >= 4 is 11.9 Å². The molecule has 0 radical (unpaired) electrons. The van der Waals surface area contributed by atoms with Crippen LogP contribution in [0.4, 0.5) is 4.39 Å². The first-order valence-corrected chi connectivity index (χ1v) is 5.35. The van der Waals surface area contributed by atoms with Crippen molar-refractivity contribution in [2.24, 2.45) is 5.92 Å². The Morgan fingerprint density at radius 1 is 1.33 bits per heavy atom. The predicted octanol–water partition coefficient (Wildman–Crippen LogP) is 1.37. The Bertz CT molecular complexity index is 455. The molecule has 98 valence electrons. The molecule has 1 amide bonds. The van der Waals surface area contributed by atoms with Crippen LogP contribution in [-0.2, 0) is 4.79 Å². The number of aliphatic carboxylic acids is 1. The zero-order valence-corrected chi connectivity index (χ0v) is 9.98. The Morgan fingerprint density at radius 3 is 2.44 bits per heavy atom. The van der Waals surface area contributed by atoms with Gasteiger partial charge in [0.15, 0.2) is 0 Å². The second-order valence-corrected chi connectivity index (χ2v) is 4.02. The molecular weight excluding hydrogens is 241 g/mol. The molecule has 0 heterocycles. The number of phenols is 1. The van der Waals surface area contributed by atoms with E-state index in [0.717, 1.165) is 6.07 Å². The summed E-state index contributed by atoms with van der Waals surface area (Å²) in [5, 5.41) is 20.5. The van der Waals surface area contributed by atoms with E-state index >= 15 is 0 Å². The van der Waals surface area contributed by atoms with Crippen LogP contribution < -0.4 is 5.32 Å². The topological polar surface area (TPSA) is 86.6 Å². The van der Waals surface area contributed by atoms with E-state index in [2.05, 4.69) is 5.32 Å². The van der Waals surface area contributed by atoms with E-state index in [1.54, 1.807) is 0 Å². The number of halogens is 1. The molecule has 1 rings (SSSR count). The lowest BCUT2D eigenvalue weighted by atomic mass is 10.0. The van der Waals surface area contributed by atoms with Gasteiger partial charge in [-0.15, -0.1) is 0 Å². The number of hydrogen-bond acceptors (Lipinski definition) is 3. The van der Waals surface area contributed by atoms with Crippen LogP contribution in [0.1, 0.15) is 24.2 Å². The van der Waals surface area contributed by atoms with Crippen molar-refractivity contribution in [2.45, 2.75) is 19.9 Å². The third kappa shape index (κ3) is 2.97. The molecule has 0 aliphatic heterocycles. The van der Waals surface area contributed by atoms with Crippen molar-refractivity contribution in [3.05, 3.63) is 29.6 Å². The number of carbonyl (C=O) groups excluding carboxylic acids is 1. The minimum Gasteiger partial charge on any atom is -0.507 e. The Kier molecular flexibility index (Phi) is 4.25. The largest absolute Gasteiger partial charge is 0.507 e. The molecule has 0 aliphatic carbocycles. The molecule has 5 nitrogen and oxygen atoms in total. The molecule has 2 atom stereocenters. The SMILES string of the molecule is CC(NC(=O)c1c(O)cccc1F)C(C)C(=O)O. The summed E-state index contributed by atoms with van der Waals surface area (Å²) in [4.78, 5) is 22.4. The smallest absolute Gasteiger partial charge is 0.308 e. The normalized spacial score (nSPS) is 13.7. The summed E-state index contributed by atoms with van der Waals surface area (Å²) in [5.41, 5.74) is -0.484. The summed E-state index contributed by atoms with van der Waals surface area (Å²) in [6, 6.07) is 2.81. The maximum Gasteiger partial charge on any atom is 0.308 e. The number of amides is 1. The number of nitrogens with one attached hydrogen (secondary N) is 1. The van der Waals surface area contributed by atoms with Crippen molar-refractivity contribution in [2.75, 3.05) is 0 Å². The molecule has 6 heteroatoms. The Hall–Kier alpha value is -2.11. The van der Waals surface area contributed by atoms with E-state index in [1.165, 1.54) is 26.0 Å². The number of hydrogen-bond donors (Lipinski definition) is 3. The van der Waals surface area contributed by atoms with Gasteiger partial charge >= 0.3 is 5.97 Å². The zero-order chi connectivity index (χ0) is 13.9. The molecule has 1 aromatic carbocycles. The lowest BCUT2D eigenvalue weighted by Crippen LogP contribution is -2.40. The fourth-order valence-electron chi connectivity index (χ4n) is 1.36. The molecule has 3 N–H and O–H groups in total. The van der Waals surface area contributed by atoms with Crippen molar-refractivity contribution < 1.29 is 24.2 Å². The molecular formula is C12H14FNO4. The summed E-state index contributed by atoms with van der Waals surface area (Å²) in [6.45, 7) is 2.92. The van der Waals surface area contributed by atoms with Crippen molar-refractivity contribution in [1.29, 1.82) is 0 Å². The second-order valence-electron chi connectivity index (χ2n) is 4.02. The third-order valence-corrected chi connectivity index (χ3v) is 2.72. The van der Waals surface area contributed by atoms with E-state index in [0.29, 0.717) is 0 Å². The summed E-state index contributed by atoms with van der Waals surface area (Å²) in [5.74, 6) is -4.07. The van der Waals surface area contributed by atoms with E-state index in [4.69, 9.17) is 5.11 Å². The molecule has 0 saturated carbocycles. The van der Waals surface area contributed by atoms with Crippen LogP contribution in [-0.4, -0.2) is 28.1 Å². The van der Waals surface area contributed by atoms with E-state index in [9.17, 15) is 19.1 Å². The van der Waals surface area contributed by atoms with Crippen LogP contribution in [0.15, 0.2) is 18.2 Å². The standard InChI is InChI=1S/C12H14FNO4/c1-6(12(17)18)7(2)14-11(16)10-8(13)4-3-5-9(10)15/h3-7,15H,1-2H3,(H,14,16)(H,17,18). The van der Waals surface area contributed by atoms with Gasteiger partial charge in [-0.05, 0) is 26.0 Å². The van der Waals surface area contributed by atoms with Crippen LogP contribution in [0.25, 0.3) is 0 Å². The summed E-state index contributed by atoms with van der Waals surface area (Å²) < 4.78 is 13.4. The fourth-order valence-corrected chi connectivity index (χ4v) is 1.36. The van der Waals surface area contributed by atoms with Crippen molar-refractivity contribution in [3.63, 3.8) is 0 Å². The second kappa shape index (κ2) is 5.48. The van der Waals surface area contributed by atoms with Crippen LogP contribution in [0, 0.1) is 11.7 Å². The minimum absolute atomic E-state index is 0.484. The lowest BCUT2D eigenvalue weighted by molar-refractivity contribution is -0.141. The first-order valence-electron chi connectivity index (χ1n) is 5.35. The summed E-state index contributed by atoms with van der Waals surface area (Å²) in [7, 11) is 0. The monoisotopic (exact) mass is 255 g/mol. The molecule has 18 heavy (non-hydrogen) atoms.